The maximum atomic E-state index is 12.9. The molecule has 1 aromatic heterocycles. The highest BCUT2D eigenvalue weighted by molar-refractivity contribution is 7.88. The minimum atomic E-state index is -3.18. The number of ether oxygens (including phenoxy) is 1. The monoisotopic (exact) mass is 483 g/mol. The smallest absolute Gasteiger partial charge is 0.258 e. The molecule has 0 amide bonds. The summed E-state index contributed by atoms with van der Waals surface area (Å²) in [6, 6.07) is 14.3. The first-order chi connectivity index (χ1) is 15.9. The van der Waals surface area contributed by atoms with Crippen LogP contribution in [-0.2, 0) is 15.4 Å². The van der Waals surface area contributed by atoms with Crippen LogP contribution < -0.4 is 19.9 Å². The van der Waals surface area contributed by atoms with Crippen molar-refractivity contribution in [2.75, 3.05) is 37.9 Å². The highest BCUT2D eigenvalue weighted by atomic mass is 32.2. The SMILES string of the molecule is COc1ccc(-c2cc(C(C)(C)C)cc3cc(N4CC[C@H](CNS(C)(=O)=O)C4)ccc23)c(=O)[nH]1. The number of nitrogens with one attached hydrogen (secondary N) is 2. The van der Waals surface area contributed by atoms with Crippen LogP contribution in [0.4, 0.5) is 5.69 Å². The van der Waals surface area contributed by atoms with Gasteiger partial charge < -0.3 is 9.64 Å². The van der Waals surface area contributed by atoms with E-state index in [1.807, 2.05) is 6.07 Å². The van der Waals surface area contributed by atoms with Gasteiger partial charge in [-0.2, -0.15) is 0 Å². The lowest BCUT2D eigenvalue weighted by Gasteiger charge is -2.23. The molecule has 0 aliphatic carbocycles. The Balaban J connectivity index is 1.74. The summed E-state index contributed by atoms with van der Waals surface area (Å²) in [7, 11) is -1.65. The number of H-pyrrole nitrogens is 1. The zero-order valence-electron chi connectivity index (χ0n) is 20.4. The van der Waals surface area contributed by atoms with Gasteiger partial charge in [0.1, 0.15) is 0 Å². The molecule has 2 aromatic carbocycles. The van der Waals surface area contributed by atoms with Crippen molar-refractivity contribution in [2.45, 2.75) is 32.6 Å². The molecule has 0 saturated carbocycles. The van der Waals surface area contributed by atoms with Crippen LogP contribution in [0.5, 0.6) is 5.88 Å². The van der Waals surface area contributed by atoms with E-state index in [-0.39, 0.29) is 16.9 Å². The topological polar surface area (TPSA) is 91.5 Å². The van der Waals surface area contributed by atoms with E-state index in [0.717, 1.165) is 47.1 Å². The fraction of sp³-hybridized carbons (Fsp3) is 0.423. The first-order valence-corrected chi connectivity index (χ1v) is 13.4. The van der Waals surface area contributed by atoms with Crippen molar-refractivity contribution in [2.24, 2.45) is 5.92 Å². The van der Waals surface area contributed by atoms with Crippen LogP contribution >= 0.6 is 0 Å². The van der Waals surface area contributed by atoms with Gasteiger partial charge in [0.25, 0.3) is 5.56 Å². The third-order valence-corrected chi connectivity index (χ3v) is 7.17. The van der Waals surface area contributed by atoms with Gasteiger partial charge in [0.05, 0.1) is 13.4 Å². The lowest BCUT2D eigenvalue weighted by Crippen LogP contribution is -2.30. The fourth-order valence-corrected chi connectivity index (χ4v) is 5.04. The van der Waals surface area contributed by atoms with Gasteiger partial charge in [-0.3, -0.25) is 9.78 Å². The van der Waals surface area contributed by atoms with Gasteiger partial charge in [-0.15, -0.1) is 0 Å². The Morgan fingerprint density at radius 3 is 2.53 bits per heavy atom. The molecule has 34 heavy (non-hydrogen) atoms. The van der Waals surface area contributed by atoms with Gasteiger partial charge in [-0.25, -0.2) is 13.1 Å². The number of hydrogen-bond acceptors (Lipinski definition) is 5. The maximum Gasteiger partial charge on any atom is 0.258 e. The molecule has 8 heteroatoms. The molecular formula is C26H33N3O4S. The van der Waals surface area contributed by atoms with Crippen LogP contribution in [0.1, 0.15) is 32.8 Å². The molecule has 7 nitrogen and oxygen atoms in total. The second-order valence-electron chi connectivity index (χ2n) is 10.2. The summed E-state index contributed by atoms with van der Waals surface area (Å²) in [6.45, 7) is 8.64. The molecule has 3 aromatic rings. The van der Waals surface area contributed by atoms with Gasteiger partial charge in [-0.1, -0.05) is 32.9 Å². The Kier molecular flexibility index (Phi) is 6.48. The normalized spacial score (nSPS) is 16.9. The van der Waals surface area contributed by atoms with E-state index in [1.54, 1.807) is 6.07 Å². The predicted octanol–water partition coefficient (Wildman–Crippen LogP) is 3.88. The highest BCUT2D eigenvalue weighted by Crippen LogP contribution is 2.36. The molecule has 0 unspecified atom stereocenters. The lowest BCUT2D eigenvalue weighted by molar-refractivity contribution is 0.397. The Morgan fingerprint density at radius 2 is 1.88 bits per heavy atom. The van der Waals surface area contributed by atoms with Crippen molar-refractivity contribution in [3.8, 4) is 17.0 Å². The largest absolute Gasteiger partial charge is 0.482 e. The molecule has 1 saturated heterocycles. The minimum absolute atomic E-state index is 0.0891. The quantitative estimate of drug-likeness (QED) is 0.555. The van der Waals surface area contributed by atoms with E-state index >= 15 is 0 Å². The predicted molar refractivity (Wildman–Crippen MR) is 138 cm³/mol. The number of sulfonamides is 1. The number of rotatable bonds is 6. The van der Waals surface area contributed by atoms with Crippen molar-refractivity contribution < 1.29 is 13.2 Å². The first kappa shape index (κ1) is 24.3. The number of hydrogen-bond donors (Lipinski definition) is 2. The van der Waals surface area contributed by atoms with Crippen LogP contribution in [0, 0.1) is 5.92 Å². The lowest BCUT2D eigenvalue weighted by atomic mass is 9.83. The molecule has 2 N–H and O–H groups in total. The van der Waals surface area contributed by atoms with Crippen LogP contribution in [0.3, 0.4) is 0 Å². The number of anilines is 1. The van der Waals surface area contributed by atoms with Gasteiger partial charge in [0.2, 0.25) is 10.0 Å². The van der Waals surface area contributed by atoms with E-state index < -0.39 is 10.0 Å². The minimum Gasteiger partial charge on any atom is -0.482 e. The summed E-state index contributed by atoms with van der Waals surface area (Å²) in [6.07, 6.45) is 2.14. The summed E-state index contributed by atoms with van der Waals surface area (Å²) >= 11 is 0. The zero-order chi connectivity index (χ0) is 24.7. The van der Waals surface area contributed by atoms with E-state index in [1.165, 1.54) is 13.4 Å². The van der Waals surface area contributed by atoms with E-state index in [2.05, 4.69) is 65.7 Å². The number of aromatic amines is 1. The third-order valence-electron chi connectivity index (χ3n) is 6.48. The van der Waals surface area contributed by atoms with Crippen molar-refractivity contribution in [1.82, 2.24) is 9.71 Å². The molecule has 0 bridgehead atoms. The second kappa shape index (κ2) is 9.07. The van der Waals surface area contributed by atoms with E-state index in [9.17, 15) is 13.2 Å². The number of aromatic nitrogens is 1. The van der Waals surface area contributed by atoms with Crippen molar-refractivity contribution in [1.29, 1.82) is 0 Å². The third kappa shape index (κ3) is 5.28. The molecule has 1 aliphatic heterocycles. The van der Waals surface area contributed by atoms with Crippen LogP contribution in [0.15, 0.2) is 47.3 Å². The Bertz CT molecular complexity index is 1370. The summed E-state index contributed by atoms with van der Waals surface area (Å²) < 4.78 is 30.7. The summed E-state index contributed by atoms with van der Waals surface area (Å²) in [4.78, 5) is 18.0. The average molecular weight is 484 g/mol. The molecule has 1 atom stereocenters. The molecule has 2 heterocycles. The van der Waals surface area contributed by atoms with E-state index in [0.29, 0.717) is 18.0 Å². The highest BCUT2D eigenvalue weighted by Gasteiger charge is 2.24. The first-order valence-electron chi connectivity index (χ1n) is 11.5. The molecule has 0 spiro atoms. The second-order valence-corrected chi connectivity index (χ2v) is 12.0. The van der Waals surface area contributed by atoms with E-state index in [4.69, 9.17) is 4.74 Å². The molecule has 4 rings (SSSR count). The number of methoxy groups -OCH3 is 1. The van der Waals surface area contributed by atoms with Gasteiger partial charge in [-0.05, 0) is 70.0 Å². The van der Waals surface area contributed by atoms with Crippen molar-refractivity contribution in [3.05, 3.63) is 58.4 Å². The van der Waals surface area contributed by atoms with Crippen LogP contribution in [0.2, 0.25) is 0 Å². The molecular weight excluding hydrogens is 450 g/mol. The van der Waals surface area contributed by atoms with Gasteiger partial charge >= 0.3 is 0 Å². The summed E-state index contributed by atoms with van der Waals surface area (Å²) in [5.74, 6) is 0.709. The van der Waals surface area contributed by atoms with Gasteiger partial charge in [0, 0.05) is 30.9 Å². The summed E-state index contributed by atoms with van der Waals surface area (Å²) in [5.41, 5.74) is 3.49. The van der Waals surface area contributed by atoms with Crippen LogP contribution in [0.25, 0.3) is 21.9 Å². The van der Waals surface area contributed by atoms with Crippen molar-refractivity contribution in [3.63, 3.8) is 0 Å². The Hall–Kier alpha value is -2.84. The molecule has 182 valence electrons. The Labute approximate surface area is 201 Å². The van der Waals surface area contributed by atoms with Crippen molar-refractivity contribution >= 4 is 26.5 Å². The molecule has 0 radical (unpaired) electrons. The Morgan fingerprint density at radius 1 is 1.12 bits per heavy atom. The maximum absolute atomic E-state index is 12.9. The molecule has 1 fully saturated rings. The number of nitrogens with zero attached hydrogens (tertiary/aromatic N) is 1. The standard InChI is InChI=1S/C26H33N3O4S/c1-26(2,3)19-12-18-13-20(29-11-10-17(16-29)15-27-34(5,31)32)6-7-21(18)23(14-19)22-8-9-24(33-4)28-25(22)30/h6-9,12-14,17,27H,10-11,15-16H2,1-5H3,(H,28,30)/t17-/m1/s1. The number of fused-ring (bicyclic) bond motifs is 1. The van der Waals surface area contributed by atoms with Gasteiger partial charge in [0.15, 0.2) is 5.88 Å². The zero-order valence-corrected chi connectivity index (χ0v) is 21.3. The number of benzene rings is 2. The molecule has 1 aliphatic rings. The fourth-order valence-electron chi connectivity index (χ4n) is 4.50. The van der Waals surface area contributed by atoms with Crippen LogP contribution in [-0.4, -0.2) is 46.4 Å². The average Bonchev–Trinajstić information content (AvgIpc) is 3.24. The number of pyridine rings is 1. The summed E-state index contributed by atoms with van der Waals surface area (Å²) in [5, 5.41) is 2.09.